The van der Waals surface area contributed by atoms with Gasteiger partial charge in [-0.05, 0) is 83.9 Å². The first-order chi connectivity index (χ1) is 19.0. The number of anilines is 2. The minimum Gasteiger partial charge on any atom is -0.473 e. The molecule has 0 atom stereocenters. The first-order valence-electron chi connectivity index (χ1n) is 12.4. The van der Waals surface area contributed by atoms with Crippen molar-refractivity contribution < 1.29 is 35.8 Å². The third-order valence-electron chi connectivity index (χ3n) is 7.05. The van der Waals surface area contributed by atoms with Crippen molar-refractivity contribution in [2.45, 2.75) is 25.4 Å². The van der Waals surface area contributed by atoms with Crippen molar-refractivity contribution in [2.75, 3.05) is 23.3 Å². The van der Waals surface area contributed by atoms with Crippen molar-refractivity contribution in [1.29, 1.82) is 0 Å². The van der Waals surface area contributed by atoms with Gasteiger partial charge in [-0.15, -0.1) is 0 Å². The Bertz CT molecular complexity index is 1420. The molecule has 206 valence electrons. The summed E-state index contributed by atoms with van der Waals surface area (Å²) in [4.78, 5) is 3.71. The molecule has 0 aliphatic carbocycles. The number of halogens is 6. The van der Waals surface area contributed by atoms with Crippen LogP contribution in [0.1, 0.15) is 22.3 Å². The molecule has 4 aromatic rings. The van der Waals surface area contributed by atoms with E-state index in [-0.39, 0.29) is 13.5 Å². The lowest BCUT2D eigenvalue weighted by atomic mass is 9.98. The third-order valence-corrected chi connectivity index (χ3v) is 7.05. The predicted molar refractivity (Wildman–Crippen MR) is 138 cm³/mol. The standard InChI is InChI=1S/C30H22F6N2O2/c31-29(32,33)23-3-7-25(8-4-23)37-15-21-13-19(1-11-27(21)39-17-37)20-2-12-28-22(14-20)16-38(18-40-28)26-9-5-24(6-10-26)30(34,35)36/h1-14H,15-18H2. The number of nitrogens with zero attached hydrogens (tertiary/aromatic N) is 2. The molecule has 4 nitrogen and oxygen atoms in total. The van der Waals surface area contributed by atoms with Gasteiger partial charge in [0.05, 0.1) is 11.1 Å². The average molecular weight is 557 g/mol. The van der Waals surface area contributed by atoms with Crippen molar-refractivity contribution in [1.82, 2.24) is 0 Å². The van der Waals surface area contributed by atoms with Crippen molar-refractivity contribution in [3.8, 4) is 22.6 Å². The Kier molecular flexibility index (Phi) is 6.28. The maximum Gasteiger partial charge on any atom is 0.416 e. The molecule has 0 amide bonds. The highest BCUT2D eigenvalue weighted by atomic mass is 19.4. The largest absolute Gasteiger partial charge is 0.473 e. The fourth-order valence-electron chi connectivity index (χ4n) is 4.90. The van der Waals surface area contributed by atoms with E-state index in [1.54, 1.807) is 0 Å². The lowest BCUT2D eigenvalue weighted by Gasteiger charge is -2.32. The van der Waals surface area contributed by atoms with Gasteiger partial charge in [0.1, 0.15) is 11.5 Å². The molecule has 0 aromatic heterocycles. The summed E-state index contributed by atoms with van der Waals surface area (Å²) in [7, 11) is 0. The second-order valence-corrected chi connectivity index (χ2v) is 9.68. The van der Waals surface area contributed by atoms with Crippen LogP contribution in [-0.2, 0) is 25.4 Å². The molecule has 0 saturated heterocycles. The minimum absolute atomic E-state index is 0.216. The Hall–Kier alpha value is -4.34. The van der Waals surface area contributed by atoms with Gasteiger partial charge in [-0.1, -0.05) is 12.1 Å². The summed E-state index contributed by atoms with van der Waals surface area (Å²) in [6.07, 6.45) is -8.79. The van der Waals surface area contributed by atoms with Gasteiger partial charge in [0.15, 0.2) is 13.5 Å². The molecule has 0 bridgehead atoms. The fourth-order valence-corrected chi connectivity index (χ4v) is 4.90. The molecule has 0 N–H and O–H groups in total. The molecule has 2 aliphatic heterocycles. The Morgan fingerprint density at radius 3 is 1.23 bits per heavy atom. The topological polar surface area (TPSA) is 24.9 Å². The molecule has 0 unspecified atom stereocenters. The van der Waals surface area contributed by atoms with Crippen molar-refractivity contribution >= 4 is 11.4 Å². The zero-order valence-electron chi connectivity index (χ0n) is 20.9. The summed E-state index contributed by atoms with van der Waals surface area (Å²) >= 11 is 0. The van der Waals surface area contributed by atoms with Gasteiger partial charge in [-0.25, -0.2) is 0 Å². The van der Waals surface area contributed by atoms with Gasteiger partial charge < -0.3 is 19.3 Å². The highest BCUT2D eigenvalue weighted by Crippen LogP contribution is 2.37. The molecule has 6 rings (SSSR count). The van der Waals surface area contributed by atoms with E-state index >= 15 is 0 Å². The maximum atomic E-state index is 12.9. The van der Waals surface area contributed by atoms with Gasteiger partial charge in [0, 0.05) is 35.6 Å². The van der Waals surface area contributed by atoms with Crippen molar-refractivity contribution in [2.24, 2.45) is 0 Å². The summed E-state index contributed by atoms with van der Waals surface area (Å²) in [6, 6.07) is 21.6. The summed E-state index contributed by atoms with van der Waals surface area (Å²) in [5.41, 5.74) is 3.47. The number of ether oxygens (including phenoxy) is 2. The van der Waals surface area contributed by atoms with E-state index in [9.17, 15) is 26.3 Å². The summed E-state index contributed by atoms with van der Waals surface area (Å²) in [5, 5.41) is 0. The van der Waals surface area contributed by atoms with Crippen molar-refractivity contribution in [3.63, 3.8) is 0 Å². The maximum absolute atomic E-state index is 12.9. The zero-order chi connectivity index (χ0) is 28.1. The van der Waals surface area contributed by atoms with Crippen LogP contribution in [-0.4, -0.2) is 13.5 Å². The molecule has 0 saturated carbocycles. The third kappa shape index (κ3) is 5.13. The summed E-state index contributed by atoms with van der Waals surface area (Å²) in [5.74, 6) is 1.42. The number of alkyl halides is 6. The lowest BCUT2D eigenvalue weighted by molar-refractivity contribution is -0.138. The second kappa shape index (κ2) is 9.69. The molecular weight excluding hydrogens is 534 g/mol. The van der Waals surface area contributed by atoms with E-state index < -0.39 is 23.5 Å². The minimum atomic E-state index is -4.40. The zero-order valence-corrected chi connectivity index (χ0v) is 20.9. The van der Waals surface area contributed by atoms with Gasteiger partial charge in [0.2, 0.25) is 0 Å². The Balaban J connectivity index is 1.21. The lowest BCUT2D eigenvalue weighted by Crippen LogP contribution is -2.32. The molecule has 0 fully saturated rings. The van der Waals surface area contributed by atoms with E-state index in [2.05, 4.69) is 0 Å². The van der Waals surface area contributed by atoms with Crippen LogP contribution < -0.4 is 19.3 Å². The van der Waals surface area contributed by atoms with Crippen LogP contribution in [0.3, 0.4) is 0 Å². The van der Waals surface area contributed by atoms with E-state index in [4.69, 9.17) is 9.47 Å². The highest BCUT2D eigenvalue weighted by Gasteiger charge is 2.31. The van der Waals surface area contributed by atoms with Gasteiger partial charge in [-0.2, -0.15) is 26.3 Å². The number of fused-ring (bicyclic) bond motifs is 2. The fraction of sp³-hybridized carbons (Fsp3) is 0.200. The summed E-state index contributed by atoms with van der Waals surface area (Å²) in [6.45, 7) is 1.36. The monoisotopic (exact) mass is 556 g/mol. The van der Waals surface area contributed by atoms with Crippen LogP contribution in [0.15, 0.2) is 84.9 Å². The number of rotatable bonds is 3. The summed E-state index contributed by atoms with van der Waals surface area (Å²) < 4.78 is 89.4. The number of hydrogen-bond acceptors (Lipinski definition) is 4. The molecule has 10 heteroatoms. The van der Waals surface area contributed by atoms with Crippen LogP contribution in [0.25, 0.3) is 11.1 Å². The first kappa shape index (κ1) is 25.9. The van der Waals surface area contributed by atoms with Crippen LogP contribution in [0.4, 0.5) is 37.7 Å². The quantitative estimate of drug-likeness (QED) is 0.238. The first-order valence-corrected chi connectivity index (χ1v) is 12.4. The number of hydrogen-bond donors (Lipinski definition) is 0. The molecule has 2 aliphatic rings. The Morgan fingerprint density at radius 1 is 0.500 bits per heavy atom. The van der Waals surface area contributed by atoms with E-state index in [0.717, 1.165) is 46.5 Å². The van der Waals surface area contributed by atoms with Gasteiger partial charge in [0.25, 0.3) is 0 Å². The molecule has 4 aromatic carbocycles. The Morgan fingerprint density at radius 2 is 0.875 bits per heavy atom. The number of benzene rings is 4. The van der Waals surface area contributed by atoms with E-state index in [0.29, 0.717) is 36.0 Å². The molecular formula is C30H22F6N2O2. The Labute approximate surface area is 226 Å². The molecule has 0 spiro atoms. The van der Waals surface area contributed by atoms with Crippen LogP contribution in [0.2, 0.25) is 0 Å². The smallest absolute Gasteiger partial charge is 0.416 e. The van der Waals surface area contributed by atoms with E-state index in [1.165, 1.54) is 24.3 Å². The van der Waals surface area contributed by atoms with Crippen LogP contribution in [0.5, 0.6) is 11.5 Å². The molecule has 0 radical (unpaired) electrons. The highest BCUT2D eigenvalue weighted by molar-refractivity contribution is 5.69. The molecule has 40 heavy (non-hydrogen) atoms. The van der Waals surface area contributed by atoms with Gasteiger partial charge in [-0.3, -0.25) is 0 Å². The predicted octanol–water partition coefficient (Wildman–Crippen LogP) is 8.10. The SMILES string of the molecule is FC(F)(F)c1ccc(N2COc3ccc(-c4ccc5c(c4)CN(c4ccc(C(F)(F)F)cc4)CO5)cc3C2)cc1. The molecule has 2 heterocycles. The van der Waals surface area contributed by atoms with Gasteiger partial charge >= 0.3 is 12.4 Å². The van der Waals surface area contributed by atoms with Crippen molar-refractivity contribution in [3.05, 3.63) is 107 Å². The normalized spacial score (nSPS) is 15.2. The van der Waals surface area contributed by atoms with Crippen LogP contribution >= 0.6 is 0 Å². The average Bonchev–Trinajstić information content (AvgIpc) is 2.95. The van der Waals surface area contributed by atoms with Crippen LogP contribution in [0, 0.1) is 0 Å². The van der Waals surface area contributed by atoms with E-state index in [1.807, 2.05) is 46.2 Å². The second-order valence-electron chi connectivity index (χ2n) is 9.68.